The van der Waals surface area contributed by atoms with Gasteiger partial charge in [-0.2, -0.15) is 0 Å². The molecule has 36 heavy (non-hydrogen) atoms. The van der Waals surface area contributed by atoms with E-state index in [4.69, 9.17) is 4.74 Å². The van der Waals surface area contributed by atoms with Gasteiger partial charge in [-0.1, -0.05) is 61.5 Å². The number of ether oxygens (including phenoxy) is 1. The minimum atomic E-state index is -1.18. The van der Waals surface area contributed by atoms with Crippen LogP contribution in [0.2, 0.25) is 0 Å². The van der Waals surface area contributed by atoms with Crippen molar-refractivity contribution in [1.29, 1.82) is 0 Å². The summed E-state index contributed by atoms with van der Waals surface area (Å²) in [6.45, 7) is 2.01. The maximum atomic E-state index is 13.4. The minimum absolute atomic E-state index is 0.0593. The summed E-state index contributed by atoms with van der Waals surface area (Å²) >= 11 is 0. The summed E-state index contributed by atoms with van der Waals surface area (Å²) in [5.74, 6) is -1.85. The highest BCUT2D eigenvalue weighted by molar-refractivity contribution is 6.23. The van der Waals surface area contributed by atoms with Crippen LogP contribution in [0.25, 0.3) is 0 Å². The number of rotatable bonds is 7. The lowest BCUT2D eigenvalue weighted by molar-refractivity contribution is -0.140. The van der Waals surface area contributed by atoms with Gasteiger partial charge < -0.3 is 4.74 Å². The van der Waals surface area contributed by atoms with Crippen molar-refractivity contribution in [3.63, 3.8) is 0 Å². The SMILES string of the molecule is CCc1ccc(N2C(=O)CC(N(NC(=O)c3ccccc3OC)C(=O)Cc3ccccc3)C2=O)cc1. The molecule has 0 aromatic heterocycles. The smallest absolute Gasteiger partial charge is 0.273 e. The van der Waals surface area contributed by atoms with E-state index in [1.165, 1.54) is 7.11 Å². The third-order valence-electron chi connectivity index (χ3n) is 6.08. The van der Waals surface area contributed by atoms with Crippen molar-refractivity contribution in [2.45, 2.75) is 32.2 Å². The third kappa shape index (κ3) is 5.12. The van der Waals surface area contributed by atoms with Crippen LogP contribution in [0.1, 0.15) is 34.8 Å². The number of nitrogens with zero attached hydrogens (tertiary/aromatic N) is 2. The second kappa shape index (κ2) is 10.9. The van der Waals surface area contributed by atoms with Crippen molar-refractivity contribution in [2.24, 2.45) is 0 Å². The second-order valence-corrected chi connectivity index (χ2v) is 8.37. The van der Waals surface area contributed by atoms with Gasteiger partial charge in [-0.3, -0.25) is 24.6 Å². The third-order valence-corrected chi connectivity index (χ3v) is 6.08. The summed E-state index contributed by atoms with van der Waals surface area (Å²) < 4.78 is 5.27. The fraction of sp³-hybridized carbons (Fsp3) is 0.214. The van der Waals surface area contributed by atoms with E-state index in [1.54, 1.807) is 60.7 Å². The highest BCUT2D eigenvalue weighted by Crippen LogP contribution is 2.27. The molecule has 0 spiro atoms. The number of imide groups is 1. The maximum Gasteiger partial charge on any atom is 0.273 e. The molecule has 0 radical (unpaired) electrons. The number of carbonyl (C=O) groups excluding carboxylic acids is 4. The molecule has 0 saturated carbocycles. The number of benzene rings is 3. The van der Waals surface area contributed by atoms with E-state index >= 15 is 0 Å². The zero-order chi connectivity index (χ0) is 25.7. The number of nitrogens with one attached hydrogen (secondary N) is 1. The topological polar surface area (TPSA) is 96.0 Å². The summed E-state index contributed by atoms with van der Waals surface area (Å²) in [7, 11) is 1.44. The zero-order valence-corrected chi connectivity index (χ0v) is 20.1. The summed E-state index contributed by atoms with van der Waals surface area (Å²) in [6.07, 6.45) is 0.513. The van der Waals surface area contributed by atoms with E-state index in [0.29, 0.717) is 17.0 Å². The number of para-hydroxylation sites is 1. The Morgan fingerprint density at radius 1 is 0.944 bits per heavy atom. The Bertz CT molecular complexity index is 1270. The Morgan fingerprint density at radius 3 is 2.28 bits per heavy atom. The number of hydrogen-bond donors (Lipinski definition) is 1. The van der Waals surface area contributed by atoms with Crippen molar-refractivity contribution in [2.75, 3.05) is 12.0 Å². The zero-order valence-electron chi connectivity index (χ0n) is 20.1. The molecule has 1 aliphatic rings. The minimum Gasteiger partial charge on any atom is -0.496 e. The lowest BCUT2D eigenvalue weighted by Gasteiger charge is -2.28. The molecule has 1 aliphatic heterocycles. The molecule has 4 amide bonds. The van der Waals surface area contributed by atoms with Crippen LogP contribution in [0.3, 0.4) is 0 Å². The average molecular weight is 486 g/mol. The van der Waals surface area contributed by atoms with Crippen molar-refractivity contribution in [3.05, 3.63) is 95.6 Å². The predicted octanol–water partition coefficient (Wildman–Crippen LogP) is 3.31. The number of hydrogen-bond acceptors (Lipinski definition) is 5. The molecule has 1 atom stereocenters. The lowest BCUT2D eigenvalue weighted by atomic mass is 10.1. The fourth-order valence-corrected chi connectivity index (χ4v) is 4.14. The average Bonchev–Trinajstić information content (AvgIpc) is 3.20. The first-order valence-corrected chi connectivity index (χ1v) is 11.7. The number of amides is 4. The molecule has 0 aliphatic carbocycles. The maximum absolute atomic E-state index is 13.4. The van der Waals surface area contributed by atoms with E-state index in [9.17, 15) is 19.2 Å². The Hall–Kier alpha value is -4.46. The standard InChI is InChI=1S/C28H27N3O5/c1-3-19-13-15-21(16-14-19)30-25(32)18-23(28(30)35)31(26(33)17-20-9-5-4-6-10-20)29-27(34)22-11-7-8-12-24(22)36-2/h4-16,23H,3,17-18H2,1-2H3,(H,29,34). The first-order valence-electron chi connectivity index (χ1n) is 11.7. The highest BCUT2D eigenvalue weighted by Gasteiger charge is 2.45. The van der Waals surface area contributed by atoms with Gasteiger partial charge in [-0.25, -0.2) is 9.91 Å². The van der Waals surface area contributed by atoms with Crippen LogP contribution in [0, 0.1) is 0 Å². The Kier molecular flexibility index (Phi) is 7.44. The molecule has 8 nitrogen and oxygen atoms in total. The molecule has 3 aromatic carbocycles. The quantitative estimate of drug-likeness (QED) is 0.409. The molecule has 1 heterocycles. The first kappa shape index (κ1) is 24.7. The summed E-state index contributed by atoms with van der Waals surface area (Å²) in [6, 6.07) is 21.5. The van der Waals surface area contributed by atoms with Gasteiger partial charge in [-0.05, 0) is 41.8 Å². The van der Waals surface area contributed by atoms with Crippen LogP contribution in [-0.2, 0) is 27.2 Å². The first-order chi connectivity index (χ1) is 17.4. The predicted molar refractivity (Wildman–Crippen MR) is 134 cm³/mol. The molecule has 1 saturated heterocycles. The van der Waals surface area contributed by atoms with E-state index in [-0.39, 0.29) is 18.4 Å². The molecular formula is C28H27N3O5. The van der Waals surface area contributed by atoms with Crippen LogP contribution < -0.4 is 15.1 Å². The van der Waals surface area contributed by atoms with Gasteiger partial charge in [0.2, 0.25) is 11.8 Å². The van der Waals surface area contributed by atoms with Gasteiger partial charge in [0.1, 0.15) is 11.8 Å². The molecule has 1 N–H and O–H groups in total. The van der Waals surface area contributed by atoms with E-state index in [2.05, 4.69) is 5.43 Å². The number of carbonyl (C=O) groups is 4. The van der Waals surface area contributed by atoms with Gasteiger partial charge in [0.05, 0.1) is 31.2 Å². The van der Waals surface area contributed by atoms with Crippen LogP contribution in [-0.4, -0.2) is 41.8 Å². The van der Waals surface area contributed by atoms with Crippen LogP contribution in [0.15, 0.2) is 78.9 Å². The lowest BCUT2D eigenvalue weighted by Crippen LogP contribution is -2.55. The molecule has 3 aromatic rings. The largest absolute Gasteiger partial charge is 0.496 e. The van der Waals surface area contributed by atoms with Crippen molar-refractivity contribution in [1.82, 2.24) is 10.4 Å². The Labute approximate surface area is 209 Å². The molecule has 1 unspecified atom stereocenters. The summed E-state index contributed by atoms with van der Waals surface area (Å²) in [4.78, 5) is 54.0. The van der Waals surface area contributed by atoms with Gasteiger partial charge in [-0.15, -0.1) is 0 Å². The Morgan fingerprint density at radius 2 is 1.61 bits per heavy atom. The van der Waals surface area contributed by atoms with Crippen LogP contribution >= 0.6 is 0 Å². The van der Waals surface area contributed by atoms with E-state index in [1.807, 2.05) is 25.1 Å². The number of anilines is 1. The molecule has 8 heteroatoms. The summed E-state index contributed by atoms with van der Waals surface area (Å²) in [5.41, 5.74) is 4.98. The fourth-order valence-electron chi connectivity index (χ4n) is 4.14. The summed E-state index contributed by atoms with van der Waals surface area (Å²) in [5, 5.41) is 0.989. The van der Waals surface area contributed by atoms with Gasteiger partial charge in [0.25, 0.3) is 11.8 Å². The monoisotopic (exact) mass is 485 g/mol. The van der Waals surface area contributed by atoms with Crippen LogP contribution in [0.5, 0.6) is 5.75 Å². The van der Waals surface area contributed by atoms with Gasteiger partial charge >= 0.3 is 0 Å². The molecule has 1 fully saturated rings. The molecule has 184 valence electrons. The second-order valence-electron chi connectivity index (χ2n) is 8.37. The number of aryl methyl sites for hydroxylation is 1. The van der Waals surface area contributed by atoms with E-state index < -0.39 is 29.7 Å². The van der Waals surface area contributed by atoms with Gasteiger partial charge in [0.15, 0.2) is 0 Å². The van der Waals surface area contributed by atoms with E-state index in [0.717, 1.165) is 21.9 Å². The van der Waals surface area contributed by atoms with Crippen LogP contribution in [0.4, 0.5) is 5.69 Å². The molecule has 0 bridgehead atoms. The molecular weight excluding hydrogens is 458 g/mol. The van der Waals surface area contributed by atoms with Crippen molar-refractivity contribution >= 4 is 29.3 Å². The number of hydrazine groups is 1. The normalized spacial score (nSPS) is 15.1. The molecule has 4 rings (SSSR count). The number of methoxy groups -OCH3 is 1. The van der Waals surface area contributed by atoms with Crippen molar-refractivity contribution in [3.8, 4) is 5.75 Å². The highest BCUT2D eigenvalue weighted by atomic mass is 16.5. The van der Waals surface area contributed by atoms with Gasteiger partial charge in [0, 0.05) is 0 Å². The van der Waals surface area contributed by atoms with Crippen molar-refractivity contribution < 1.29 is 23.9 Å². The Balaban J connectivity index is 1.64.